The summed E-state index contributed by atoms with van der Waals surface area (Å²) in [7, 11) is 0. The first-order valence-corrected chi connectivity index (χ1v) is 7.01. The van der Waals surface area contributed by atoms with E-state index in [9.17, 15) is 8.78 Å². The Morgan fingerprint density at radius 1 is 1.15 bits per heavy atom. The molecule has 2 heterocycles. The van der Waals surface area contributed by atoms with Gasteiger partial charge >= 0.3 is 0 Å². The van der Waals surface area contributed by atoms with Crippen LogP contribution in [0.2, 0.25) is 0 Å². The monoisotopic (exact) mass is 283 g/mol. The van der Waals surface area contributed by atoms with Gasteiger partial charge in [-0.2, -0.15) is 0 Å². The number of hydrogen-bond acceptors (Lipinski definition) is 4. The lowest BCUT2D eigenvalue weighted by atomic mass is 10.2. The van der Waals surface area contributed by atoms with Crippen LogP contribution in [0, 0.1) is 5.82 Å². The standard InChI is InChI=1S/C14H19F2N3O/c15-11-7-10(20-14-9-18-8-12(14)16)1-2-13(11)19-5-3-17-4-6-19/h1-2,7,12,14,17-18H,3-6,8-9H2/t12-,14+/m0/s1. The van der Waals surface area contributed by atoms with Crippen molar-refractivity contribution >= 4 is 5.69 Å². The van der Waals surface area contributed by atoms with E-state index in [0.717, 1.165) is 26.2 Å². The molecule has 3 rings (SSSR count). The van der Waals surface area contributed by atoms with Crippen molar-refractivity contribution in [3.63, 3.8) is 0 Å². The van der Waals surface area contributed by atoms with Crippen molar-refractivity contribution in [3.05, 3.63) is 24.0 Å². The summed E-state index contributed by atoms with van der Waals surface area (Å²) in [4.78, 5) is 2.00. The third-order valence-corrected chi connectivity index (χ3v) is 3.75. The second-order valence-corrected chi connectivity index (χ2v) is 5.18. The van der Waals surface area contributed by atoms with E-state index in [-0.39, 0.29) is 5.82 Å². The summed E-state index contributed by atoms with van der Waals surface area (Å²) in [5, 5.41) is 6.14. The molecule has 0 amide bonds. The SMILES string of the molecule is Fc1cc(O[C@@H]2CNC[C@@H]2F)ccc1N1CCNCC1. The fourth-order valence-corrected chi connectivity index (χ4v) is 2.64. The largest absolute Gasteiger partial charge is 0.486 e. The zero-order valence-electron chi connectivity index (χ0n) is 11.2. The summed E-state index contributed by atoms with van der Waals surface area (Å²) in [5.74, 6) is 0.0727. The molecular formula is C14H19F2N3O. The molecule has 2 N–H and O–H groups in total. The fraction of sp³-hybridized carbons (Fsp3) is 0.571. The lowest BCUT2D eigenvalue weighted by Gasteiger charge is -2.29. The number of benzene rings is 1. The topological polar surface area (TPSA) is 36.5 Å². The predicted molar refractivity (Wildman–Crippen MR) is 73.7 cm³/mol. The molecule has 0 aliphatic carbocycles. The first kappa shape index (κ1) is 13.6. The Balaban J connectivity index is 1.70. The molecule has 0 bridgehead atoms. The van der Waals surface area contributed by atoms with E-state index in [1.54, 1.807) is 12.1 Å². The average Bonchev–Trinajstić information content (AvgIpc) is 2.85. The van der Waals surface area contributed by atoms with Crippen LogP contribution >= 0.6 is 0 Å². The van der Waals surface area contributed by atoms with E-state index in [2.05, 4.69) is 10.6 Å². The normalized spacial score (nSPS) is 26.8. The summed E-state index contributed by atoms with van der Waals surface area (Å²) < 4.78 is 33.1. The maximum absolute atomic E-state index is 14.2. The molecule has 2 atom stereocenters. The van der Waals surface area contributed by atoms with Crippen molar-refractivity contribution in [1.82, 2.24) is 10.6 Å². The molecule has 1 aromatic rings. The average molecular weight is 283 g/mol. The van der Waals surface area contributed by atoms with Crippen LogP contribution in [0.15, 0.2) is 18.2 Å². The lowest BCUT2D eigenvalue weighted by Crippen LogP contribution is -2.43. The maximum atomic E-state index is 14.2. The third-order valence-electron chi connectivity index (χ3n) is 3.75. The van der Waals surface area contributed by atoms with Crippen LogP contribution in [0.1, 0.15) is 0 Å². The zero-order chi connectivity index (χ0) is 13.9. The van der Waals surface area contributed by atoms with E-state index in [1.165, 1.54) is 6.07 Å². The van der Waals surface area contributed by atoms with Crippen molar-refractivity contribution in [2.45, 2.75) is 12.3 Å². The van der Waals surface area contributed by atoms with Crippen molar-refractivity contribution in [1.29, 1.82) is 0 Å². The van der Waals surface area contributed by atoms with E-state index in [4.69, 9.17) is 4.74 Å². The highest BCUT2D eigenvalue weighted by Crippen LogP contribution is 2.26. The van der Waals surface area contributed by atoms with E-state index in [1.807, 2.05) is 4.90 Å². The van der Waals surface area contributed by atoms with Gasteiger partial charge in [-0.25, -0.2) is 8.78 Å². The molecule has 6 heteroatoms. The highest BCUT2D eigenvalue weighted by atomic mass is 19.1. The number of ether oxygens (including phenoxy) is 1. The Morgan fingerprint density at radius 2 is 1.95 bits per heavy atom. The van der Waals surface area contributed by atoms with Gasteiger partial charge in [0.25, 0.3) is 0 Å². The van der Waals surface area contributed by atoms with Crippen molar-refractivity contribution in [2.24, 2.45) is 0 Å². The van der Waals surface area contributed by atoms with E-state index < -0.39 is 12.3 Å². The van der Waals surface area contributed by atoms with Crippen LogP contribution in [0.3, 0.4) is 0 Å². The number of halogens is 2. The minimum atomic E-state index is -1.04. The summed E-state index contributed by atoms with van der Waals surface area (Å²) in [6, 6.07) is 4.78. The van der Waals surface area contributed by atoms with E-state index in [0.29, 0.717) is 24.5 Å². The first-order valence-electron chi connectivity index (χ1n) is 7.01. The Morgan fingerprint density at radius 3 is 2.60 bits per heavy atom. The lowest BCUT2D eigenvalue weighted by molar-refractivity contribution is 0.139. The Kier molecular flexibility index (Phi) is 4.03. The molecule has 0 unspecified atom stereocenters. The smallest absolute Gasteiger partial charge is 0.150 e. The minimum Gasteiger partial charge on any atom is -0.486 e. The van der Waals surface area contributed by atoms with Crippen LogP contribution in [-0.4, -0.2) is 51.5 Å². The molecule has 0 spiro atoms. The molecule has 0 saturated carbocycles. The second kappa shape index (κ2) is 5.93. The van der Waals surface area contributed by atoms with Gasteiger partial charge in [0, 0.05) is 45.3 Å². The molecule has 0 radical (unpaired) electrons. The van der Waals surface area contributed by atoms with Gasteiger partial charge in [0.1, 0.15) is 17.7 Å². The van der Waals surface area contributed by atoms with Crippen LogP contribution in [0.5, 0.6) is 5.75 Å². The number of hydrogen-bond donors (Lipinski definition) is 2. The van der Waals surface area contributed by atoms with Crippen LogP contribution in [-0.2, 0) is 0 Å². The van der Waals surface area contributed by atoms with Gasteiger partial charge in [0.15, 0.2) is 6.17 Å². The quantitative estimate of drug-likeness (QED) is 0.865. The first-order chi connectivity index (χ1) is 9.74. The molecule has 2 fully saturated rings. The minimum absolute atomic E-state index is 0.298. The predicted octanol–water partition coefficient (Wildman–Crippen LogP) is 0.924. The van der Waals surface area contributed by atoms with Crippen LogP contribution in [0.25, 0.3) is 0 Å². The van der Waals surface area contributed by atoms with Crippen molar-refractivity contribution in [3.8, 4) is 5.75 Å². The Labute approximate surface area is 117 Å². The third kappa shape index (κ3) is 2.86. The molecule has 1 aromatic carbocycles. The fourth-order valence-electron chi connectivity index (χ4n) is 2.64. The summed E-state index contributed by atoms with van der Waals surface area (Å²) in [6.45, 7) is 4.05. The number of piperazine rings is 1. The van der Waals surface area contributed by atoms with Crippen LogP contribution < -0.4 is 20.3 Å². The van der Waals surface area contributed by atoms with Gasteiger partial charge < -0.3 is 20.3 Å². The number of rotatable bonds is 3. The summed E-state index contributed by atoms with van der Waals surface area (Å²) in [5.41, 5.74) is 0.584. The molecule has 20 heavy (non-hydrogen) atoms. The number of alkyl halides is 1. The van der Waals surface area contributed by atoms with E-state index >= 15 is 0 Å². The van der Waals surface area contributed by atoms with Crippen LogP contribution in [0.4, 0.5) is 14.5 Å². The molecule has 2 saturated heterocycles. The molecule has 110 valence electrons. The highest BCUT2D eigenvalue weighted by Gasteiger charge is 2.28. The number of nitrogens with zero attached hydrogens (tertiary/aromatic N) is 1. The van der Waals surface area contributed by atoms with Gasteiger partial charge in [-0.1, -0.05) is 0 Å². The maximum Gasteiger partial charge on any atom is 0.150 e. The molecule has 2 aliphatic heterocycles. The number of nitrogens with one attached hydrogen (secondary N) is 2. The summed E-state index contributed by atoms with van der Waals surface area (Å²) >= 11 is 0. The molecule has 4 nitrogen and oxygen atoms in total. The van der Waals surface area contributed by atoms with Gasteiger partial charge in [-0.05, 0) is 12.1 Å². The highest BCUT2D eigenvalue weighted by molar-refractivity contribution is 5.51. The van der Waals surface area contributed by atoms with Gasteiger partial charge in [-0.3, -0.25) is 0 Å². The number of anilines is 1. The van der Waals surface area contributed by atoms with Crippen molar-refractivity contribution < 1.29 is 13.5 Å². The second-order valence-electron chi connectivity index (χ2n) is 5.18. The van der Waals surface area contributed by atoms with Gasteiger partial charge in [-0.15, -0.1) is 0 Å². The Hall–Kier alpha value is -1.40. The Bertz CT molecular complexity index is 466. The molecule has 2 aliphatic rings. The molecular weight excluding hydrogens is 264 g/mol. The zero-order valence-corrected chi connectivity index (χ0v) is 11.2. The molecule has 0 aromatic heterocycles. The summed E-state index contributed by atoms with van der Waals surface area (Å²) in [6.07, 6.45) is -1.56. The van der Waals surface area contributed by atoms with Crippen molar-refractivity contribution in [2.75, 3.05) is 44.2 Å². The van der Waals surface area contributed by atoms with Gasteiger partial charge in [0.2, 0.25) is 0 Å². The van der Waals surface area contributed by atoms with Gasteiger partial charge in [0.05, 0.1) is 5.69 Å².